The Labute approximate surface area is 187 Å². The summed E-state index contributed by atoms with van der Waals surface area (Å²) in [6, 6.07) is 16.6. The number of anilines is 3. The van der Waals surface area contributed by atoms with E-state index in [2.05, 4.69) is 37.7 Å². The smallest absolute Gasteiger partial charge is 0.323 e. The number of carbonyl (C=O) groups is 1. The van der Waals surface area contributed by atoms with Gasteiger partial charge in [-0.15, -0.1) is 10.2 Å². The van der Waals surface area contributed by atoms with Gasteiger partial charge in [-0.05, 0) is 55.9 Å². The van der Waals surface area contributed by atoms with Gasteiger partial charge in [0.25, 0.3) is 0 Å². The molecule has 1 aliphatic heterocycles. The lowest BCUT2D eigenvalue weighted by molar-refractivity contribution is 0.262. The molecule has 7 nitrogen and oxygen atoms in total. The van der Waals surface area contributed by atoms with Crippen LogP contribution in [0.3, 0.4) is 0 Å². The van der Waals surface area contributed by atoms with Gasteiger partial charge in [-0.25, -0.2) is 4.79 Å². The lowest BCUT2D eigenvalue weighted by atomic mass is 10.1. The van der Waals surface area contributed by atoms with Crippen LogP contribution >= 0.6 is 11.6 Å². The van der Waals surface area contributed by atoms with E-state index in [1.54, 1.807) is 12.1 Å². The van der Waals surface area contributed by atoms with Gasteiger partial charge in [-0.3, -0.25) is 0 Å². The van der Waals surface area contributed by atoms with Crippen LogP contribution in [-0.4, -0.2) is 54.4 Å². The van der Waals surface area contributed by atoms with Crippen LogP contribution in [0.5, 0.6) is 0 Å². The highest BCUT2D eigenvalue weighted by molar-refractivity contribution is 6.31. The molecule has 0 spiro atoms. The monoisotopic (exact) mass is 436 g/mol. The number of hydrogen-bond donors (Lipinski definition) is 2. The van der Waals surface area contributed by atoms with Crippen LogP contribution in [-0.2, 0) is 0 Å². The third kappa shape index (κ3) is 5.31. The molecule has 1 aromatic heterocycles. The molecule has 3 aromatic rings. The second-order valence-electron chi connectivity index (χ2n) is 7.68. The first kappa shape index (κ1) is 21.1. The van der Waals surface area contributed by atoms with E-state index in [-0.39, 0.29) is 6.03 Å². The first-order valence-corrected chi connectivity index (χ1v) is 10.6. The Hall–Kier alpha value is -3.16. The fourth-order valence-corrected chi connectivity index (χ4v) is 3.59. The summed E-state index contributed by atoms with van der Waals surface area (Å²) in [4.78, 5) is 16.9. The average molecular weight is 437 g/mol. The van der Waals surface area contributed by atoms with E-state index in [1.807, 2.05) is 49.4 Å². The van der Waals surface area contributed by atoms with Gasteiger partial charge in [-0.2, -0.15) is 0 Å². The molecule has 2 amide bonds. The van der Waals surface area contributed by atoms with Crippen molar-refractivity contribution in [2.75, 3.05) is 48.8 Å². The summed E-state index contributed by atoms with van der Waals surface area (Å²) in [6.07, 6.45) is 0. The fourth-order valence-electron chi connectivity index (χ4n) is 3.42. The quantitative estimate of drug-likeness (QED) is 0.629. The molecule has 0 aliphatic carbocycles. The third-order valence-corrected chi connectivity index (χ3v) is 5.60. The summed E-state index contributed by atoms with van der Waals surface area (Å²) in [5.41, 5.74) is 4.03. The number of nitrogens with one attached hydrogen (secondary N) is 2. The van der Waals surface area contributed by atoms with E-state index in [9.17, 15) is 4.79 Å². The van der Waals surface area contributed by atoms with Crippen molar-refractivity contribution in [2.24, 2.45) is 0 Å². The summed E-state index contributed by atoms with van der Waals surface area (Å²) in [5, 5.41) is 15.0. The molecular formula is C23H25ClN6O. The standard InChI is InChI=1S/C23H25ClN6O/c1-16-3-6-18(24)15-21(16)26-23(31)25-19-7-4-17(5-8-19)20-9-10-22(28-27-20)30-13-11-29(2)12-14-30/h3-10,15H,11-14H2,1-2H3,(H2,25,26,31). The maximum atomic E-state index is 12.3. The van der Waals surface area contributed by atoms with Crippen molar-refractivity contribution in [2.45, 2.75) is 6.92 Å². The van der Waals surface area contributed by atoms with Gasteiger partial charge in [0.05, 0.1) is 5.69 Å². The molecule has 8 heteroatoms. The fraction of sp³-hybridized carbons (Fsp3) is 0.261. The van der Waals surface area contributed by atoms with Gasteiger partial charge in [0.1, 0.15) is 0 Å². The zero-order valence-electron chi connectivity index (χ0n) is 17.6. The van der Waals surface area contributed by atoms with Crippen LogP contribution in [0.1, 0.15) is 5.56 Å². The number of benzene rings is 2. The minimum Gasteiger partial charge on any atom is -0.353 e. The molecule has 0 atom stereocenters. The SMILES string of the molecule is Cc1ccc(Cl)cc1NC(=O)Nc1ccc(-c2ccc(N3CCN(C)CC3)nn2)cc1. The van der Waals surface area contributed by atoms with Crippen molar-refractivity contribution in [1.82, 2.24) is 15.1 Å². The first-order chi connectivity index (χ1) is 15.0. The highest BCUT2D eigenvalue weighted by Gasteiger charge is 2.15. The number of aryl methyl sites for hydroxylation is 1. The Bertz CT molecular complexity index is 1050. The van der Waals surface area contributed by atoms with Crippen LogP contribution < -0.4 is 15.5 Å². The van der Waals surface area contributed by atoms with Crippen LogP contribution in [0.4, 0.5) is 22.0 Å². The van der Waals surface area contributed by atoms with E-state index in [4.69, 9.17) is 11.6 Å². The number of likely N-dealkylation sites (N-methyl/N-ethyl adjacent to an activating group) is 1. The van der Waals surface area contributed by atoms with Crippen molar-refractivity contribution in [3.8, 4) is 11.3 Å². The second-order valence-corrected chi connectivity index (χ2v) is 8.12. The van der Waals surface area contributed by atoms with Gasteiger partial charge >= 0.3 is 6.03 Å². The lowest BCUT2D eigenvalue weighted by Crippen LogP contribution is -2.44. The molecule has 2 aromatic carbocycles. The highest BCUT2D eigenvalue weighted by atomic mass is 35.5. The molecule has 1 fully saturated rings. The van der Waals surface area contributed by atoms with Crippen molar-refractivity contribution >= 4 is 34.8 Å². The largest absolute Gasteiger partial charge is 0.353 e. The van der Waals surface area contributed by atoms with Crippen LogP contribution in [0.25, 0.3) is 11.3 Å². The number of halogens is 1. The van der Waals surface area contributed by atoms with Gasteiger partial charge in [0.2, 0.25) is 0 Å². The topological polar surface area (TPSA) is 73.4 Å². The number of amides is 2. The van der Waals surface area contributed by atoms with Gasteiger partial charge in [0.15, 0.2) is 5.82 Å². The number of urea groups is 1. The maximum Gasteiger partial charge on any atom is 0.323 e. The molecule has 2 heterocycles. The summed E-state index contributed by atoms with van der Waals surface area (Å²) in [7, 11) is 2.13. The second kappa shape index (κ2) is 9.32. The number of hydrogen-bond acceptors (Lipinski definition) is 5. The van der Waals surface area contributed by atoms with E-state index in [0.29, 0.717) is 16.4 Å². The normalized spacial score (nSPS) is 14.4. The summed E-state index contributed by atoms with van der Waals surface area (Å²) >= 11 is 6.01. The van der Waals surface area contributed by atoms with Gasteiger partial charge in [0, 0.05) is 48.1 Å². The average Bonchev–Trinajstić information content (AvgIpc) is 2.77. The zero-order chi connectivity index (χ0) is 21.8. The number of piperazine rings is 1. The predicted octanol–water partition coefficient (Wildman–Crippen LogP) is 4.50. The minimum atomic E-state index is -0.325. The number of carbonyl (C=O) groups excluding carboxylic acids is 1. The first-order valence-electron chi connectivity index (χ1n) is 10.2. The van der Waals surface area contributed by atoms with Gasteiger partial charge in [-0.1, -0.05) is 29.8 Å². The molecule has 0 radical (unpaired) electrons. The van der Waals surface area contributed by atoms with Crippen LogP contribution in [0, 0.1) is 6.92 Å². The summed E-state index contributed by atoms with van der Waals surface area (Å²) in [5.74, 6) is 0.906. The molecule has 0 saturated carbocycles. The molecule has 0 bridgehead atoms. The summed E-state index contributed by atoms with van der Waals surface area (Å²) < 4.78 is 0. The Balaban J connectivity index is 1.37. The Morgan fingerprint density at radius 1 is 0.935 bits per heavy atom. The molecular weight excluding hydrogens is 412 g/mol. The number of nitrogens with zero attached hydrogens (tertiary/aromatic N) is 4. The molecule has 4 rings (SSSR count). The van der Waals surface area contributed by atoms with E-state index in [1.165, 1.54) is 0 Å². The van der Waals surface area contributed by atoms with Crippen molar-refractivity contribution in [3.05, 3.63) is 65.2 Å². The van der Waals surface area contributed by atoms with Crippen LogP contribution in [0.15, 0.2) is 54.6 Å². The molecule has 31 heavy (non-hydrogen) atoms. The number of aromatic nitrogens is 2. The van der Waals surface area contributed by atoms with E-state index in [0.717, 1.165) is 48.8 Å². The van der Waals surface area contributed by atoms with E-state index < -0.39 is 0 Å². The minimum absolute atomic E-state index is 0.325. The van der Waals surface area contributed by atoms with Gasteiger partial charge < -0.3 is 20.4 Å². The predicted molar refractivity (Wildman–Crippen MR) is 126 cm³/mol. The molecule has 2 N–H and O–H groups in total. The molecule has 1 saturated heterocycles. The Morgan fingerprint density at radius 3 is 2.35 bits per heavy atom. The zero-order valence-corrected chi connectivity index (χ0v) is 18.4. The van der Waals surface area contributed by atoms with E-state index >= 15 is 0 Å². The van der Waals surface area contributed by atoms with Crippen molar-refractivity contribution in [3.63, 3.8) is 0 Å². The van der Waals surface area contributed by atoms with Crippen LogP contribution in [0.2, 0.25) is 5.02 Å². The number of rotatable bonds is 4. The Morgan fingerprint density at radius 2 is 1.68 bits per heavy atom. The maximum absolute atomic E-state index is 12.3. The lowest BCUT2D eigenvalue weighted by Gasteiger charge is -2.32. The summed E-state index contributed by atoms with van der Waals surface area (Å²) in [6.45, 7) is 5.89. The van der Waals surface area contributed by atoms with Crippen molar-refractivity contribution < 1.29 is 4.79 Å². The molecule has 1 aliphatic rings. The van der Waals surface area contributed by atoms with Crippen molar-refractivity contribution in [1.29, 1.82) is 0 Å². The Kier molecular flexibility index (Phi) is 6.34. The molecule has 160 valence electrons. The highest BCUT2D eigenvalue weighted by Crippen LogP contribution is 2.23. The molecule has 0 unspecified atom stereocenters. The third-order valence-electron chi connectivity index (χ3n) is 5.36.